The lowest BCUT2D eigenvalue weighted by atomic mass is 9.93. The Morgan fingerprint density at radius 3 is 2.24 bits per heavy atom. The number of phenols is 1. The van der Waals surface area contributed by atoms with E-state index in [2.05, 4.69) is 0 Å². The van der Waals surface area contributed by atoms with Crippen LogP contribution in [0, 0.1) is 0 Å². The van der Waals surface area contributed by atoms with E-state index in [1.165, 1.54) is 0 Å². The van der Waals surface area contributed by atoms with Crippen LogP contribution in [-0.2, 0) is 11.2 Å². The third-order valence-electron chi connectivity index (χ3n) is 2.78. The summed E-state index contributed by atoms with van der Waals surface area (Å²) in [5.41, 5.74) is 2.07. The van der Waals surface area contributed by atoms with Gasteiger partial charge in [0.25, 0.3) is 0 Å². The topological polar surface area (TPSA) is 37.3 Å². The van der Waals surface area contributed by atoms with E-state index in [0.29, 0.717) is 6.42 Å². The molecule has 2 aromatic rings. The summed E-state index contributed by atoms with van der Waals surface area (Å²) in [4.78, 5) is 11.1. The molecule has 0 aliphatic heterocycles. The van der Waals surface area contributed by atoms with Crippen LogP contribution in [0.2, 0.25) is 0 Å². The number of hydrogen-bond donors (Lipinski definition) is 1. The van der Waals surface area contributed by atoms with E-state index >= 15 is 0 Å². The molecule has 0 aromatic heterocycles. The van der Waals surface area contributed by atoms with E-state index < -0.39 is 0 Å². The van der Waals surface area contributed by atoms with Gasteiger partial charge >= 0.3 is 0 Å². The second-order valence-corrected chi connectivity index (χ2v) is 4.02. The van der Waals surface area contributed by atoms with E-state index in [0.717, 1.165) is 17.4 Å². The van der Waals surface area contributed by atoms with E-state index in [1.807, 2.05) is 42.5 Å². The molecule has 1 N–H and O–H groups in total. The standard InChI is InChI=1S/C15H14O2/c16-11-14(13-4-2-1-3-5-13)10-12-6-8-15(17)9-7-12/h1-9,11,14,17H,10H2. The van der Waals surface area contributed by atoms with Gasteiger partial charge in [0, 0.05) is 5.92 Å². The van der Waals surface area contributed by atoms with Crippen molar-refractivity contribution in [2.24, 2.45) is 0 Å². The summed E-state index contributed by atoms with van der Waals surface area (Å²) in [6, 6.07) is 16.7. The van der Waals surface area contributed by atoms with Crippen molar-refractivity contribution in [3.63, 3.8) is 0 Å². The van der Waals surface area contributed by atoms with Crippen molar-refractivity contribution in [3.8, 4) is 5.75 Å². The molecule has 0 aliphatic carbocycles. The van der Waals surface area contributed by atoms with Gasteiger partial charge in [0.05, 0.1) is 0 Å². The molecule has 17 heavy (non-hydrogen) atoms. The lowest BCUT2D eigenvalue weighted by Crippen LogP contribution is -2.04. The fraction of sp³-hybridized carbons (Fsp3) is 0.133. The van der Waals surface area contributed by atoms with Gasteiger partial charge in [-0.2, -0.15) is 0 Å². The molecule has 2 rings (SSSR count). The maximum Gasteiger partial charge on any atom is 0.127 e. The highest BCUT2D eigenvalue weighted by atomic mass is 16.3. The molecule has 0 saturated carbocycles. The van der Waals surface area contributed by atoms with Crippen LogP contribution in [0.25, 0.3) is 0 Å². The Labute approximate surface area is 101 Å². The molecule has 0 spiro atoms. The number of aldehydes is 1. The van der Waals surface area contributed by atoms with Crippen LogP contribution >= 0.6 is 0 Å². The van der Waals surface area contributed by atoms with Crippen LogP contribution in [0.5, 0.6) is 5.75 Å². The number of phenolic OH excluding ortho intramolecular Hbond substituents is 1. The molecule has 86 valence electrons. The molecule has 2 nitrogen and oxygen atoms in total. The normalized spacial score (nSPS) is 12.0. The summed E-state index contributed by atoms with van der Waals surface area (Å²) < 4.78 is 0. The summed E-state index contributed by atoms with van der Waals surface area (Å²) in [7, 11) is 0. The number of carbonyl (C=O) groups excluding carboxylic acids is 1. The molecule has 0 amide bonds. The van der Waals surface area contributed by atoms with Crippen molar-refractivity contribution >= 4 is 6.29 Å². The minimum Gasteiger partial charge on any atom is -0.508 e. The van der Waals surface area contributed by atoms with E-state index in [-0.39, 0.29) is 11.7 Å². The Bertz CT molecular complexity index is 474. The molecule has 2 heteroatoms. The number of carbonyl (C=O) groups is 1. The Balaban J connectivity index is 2.16. The highest BCUT2D eigenvalue weighted by molar-refractivity contribution is 5.62. The zero-order valence-electron chi connectivity index (χ0n) is 9.41. The molecule has 1 unspecified atom stereocenters. The summed E-state index contributed by atoms with van der Waals surface area (Å²) in [6.07, 6.45) is 1.63. The first-order valence-corrected chi connectivity index (χ1v) is 5.58. The highest BCUT2D eigenvalue weighted by Gasteiger charge is 2.10. The van der Waals surface area contributed by atoms with Crippen LogP contribution in [0.1, 0.15) is 17.0 Å². The quantitative estimate of drug-likeness (QED) is 0.814. The van der Waals surface area contributed by atoms with Gasteiger partial charge in [0.1, 0.15) is 12.0 Å². The van der Waals surface area contributed by atoms with Gasteiger partial charge in [-0.1, -0.05) is 42.5 Å². The van der Waals surface area contributed by atoms with Gasteiger partial charge in [0.15, 0.2) is 0 Å². The predicted octanol–water partition coefficient (Wildman–Crippen LogP) is 2.92. The zero-order valence-corrected chi connectivity index (χ0v) is 9.41. The molecular weight excluding hydrogens is 212 g/mol. The second-order valence-electron chi connectivity index (χ2n) is 4.02. The summed E-state index contributed by atoms with van der Waals surface area (Å²) in [6.45, 7) is 0. The first-order chi connectivity index (χ1) is 8.29. The average molecular weight is 226 g/mol. The Hall–Kier alpha value is -2.09. The SMILES string of the molecule is O=CC(Cc1ccc(O)cc1)c1ccccc1. The molecule has 2 aromatic carbocycles. The minimum absolute atomic E-state index is 0.124. The van der Waals surface area contributed by atoms with Crippen LogP contribution in [0.15, 0.2) is 54.6 Å². The van der Waals surface area contributed by atoms with Crippen LogP contribution in [-0.4, -0.2) is 11.4 Å². The van der Waals surface area contributed by atoms with Crippen molar-refractivity contribution < 1.29 is 9.90 Å². The lowest BCUT2D eigenvalue weighted by molar-refractivity contribution is -0.109. The lowest BCUT2D eigenvalue weighted by Gasteiger charge is -2.10. The Kier molecular flexibility index (Phi) is 3.55. The van der Waals surface area contributed by atoms with Crippen molar-refractivity contribution in [2.75, 3.05) is 0 Å². The van der Waals surface area contributed by atoms with Crippen LogP contribution in [0.3, 0.4) is 0 Å². The molecule has 1 atom stereocenters. The van der Waals surface area contributed by atoms with Crippen LogP contribution in [0.4, 0.5) is 0 Å². The monoisotopic (exact) mass is 226 g/mol. The maximum absolute atomic E-state index is 11.1. The summed E-state index contributed by atoms with van der Waals surface area (Å²) in [5.74, 6) is 0.122. The largest absolute Gasteiger partial charge is 0.508 e. The Morgan fingerprint density at radius 2 is 1.65 bits per heavy atom. The van der Waals surface area contributed by atoms with Gasteiger partial charge in [-0.25, -0.2) is 0 Å². The molecule has 0 bridgehead atoms. The van der Waals surface area contributed by atoms with Gasteiger partial charge in [-0.15, -0.1) is 0 Å². The highest BCUT2D eigenvalue weighted by Crippen LogP contribution is 2.20. The van der Waals surface area contributed by atoms with E-state index in [9.17, 15) is 9.90 Å². The minimum atomic E-state index is -0.124. The summed E-state index contributed by atoms with van der Waals surface area (Å²) >= 11 is 0. The summed E-state index contributed by atoms with van der Waals surface area (Å²) in [5, 5.41) is 9.20. The number of benzene rings is 2. The predicted molar refractivity (Wildman–Crippen MR) is 67.1 cm³/mol. The molecule has 0 radical (unpaired) electrons. The van der Waals surface area contributed by atoms with Gasteiger partial charge in [-0.05, 0) is 29.7 Å². The van der Waals surface area contributed by atoms with Crippen molar-refractivity contribution in [3.05, 3.63) is 65.7 Å². The first kappa shape index (κ1) is 11.4. The van der Waals surface area contributed by atoms with Crippen molar-refractivity contribution in [1.29, 1.82) is 0 Å². The third kappa shape index (κ3) is 2.94. The van der Waals surface area contributed by atoms with E-state index in [4.69, 9.17) is 0 Å². The molecule has 0 fully saturated rings. The number of aromatic hydroxyl groups is 1. The Morgan fingerprint density at radius 1 is 1.00 bits per heavy atom. The number of hydrogen-bond acceptors (Lipinski definition) is 2. The maximum atomic E-state index is 11.1. The number of rotatable bonds is 4. The average Bonchev–Trinajstić information content (AvgIpc) is 2.39. The molecule has 0 heterocycles. The van der Waals surface area contributed by atoms with Gasteiger partial charge in [0.2, 0.25) is 0 Å². The first-order valence-electron chi connectivity index (χ1n) is 5.58. The molecular formula is C15H14O2. The molecule has 0 aliphatic rings. The van der Waals surface area contributed by atoms with Gasteiger partial charge in [-0.3, -0.25) is 0 Å². The van der Waals surface area contributed by atoms with Crippen molar-refractivity contribution in [2.45, 2.75) is 12.3 Å². The fourth-order valence-corrected chi connectivity index (χ4v) is 1.83. The molecule has 0 saturated heterocycles. The van der Waals surface area contributed by atoms with Crippen molar-refractivity contribution in [1.82, 2.24) is 0 Å². The second kappa shape index (κ2) is 5.30. The smallest absolute Gasteiger partial charge is 0.127 e. The van der Waals surface area contributed by atoms with Gasteiger partial charge < -0.3 is 9.90 Å². The van der Waals surface area contributed by atoms with E-state index in [1.54, 1.807) is 12.1 Å². The third-order valence-corrected chi connectivity index (χ3v) is 2.78. The zero-order chi connectivity index (χ0) is 12.1. The van der Waals surface area contributed by atoms with Crippen LogP contribution < -0.4 is 0 Å². The fourth-order valence-electron chi connectivity index (χ4n) is 1.83.